The van der Waals surface area contributed by atoms with Crippen molar-refractivity contribution in [1.29, 1.82) is 0 Å². The molecule has 2 atom stereocenters. The molecule has 1 aliphatic heterocycles. The highest BCUT2D eigenvalue weighted by Crippen LogP contribution is 2.19. The van der Waals surface area contributed by atoms with Crippen LogP contribution in [-0.4, -0.2) is 45.4 Å². The minimum Gasteiger partial charge on any atom is -0.453 e. The Labute approximate surface area is 123 Å². The first-order valence-electron chi connectivity index (χ1n) is 6.65. The highest BCUT2D eigenvalue weighted by atomic mass is 16.5. The third-order valence-electron chi connectivity index (χ3n) is 3.35. The maximum Gasteiger partial charge on any atom is 0.411 e. The van der Waals surface area contributed by atoms with Crippen LogP contribution in [0.15, 0.2) is 24.3 Å². The summed E-state index contributed by atoms with van der Waals surface area (Å²) in [5.74, 6) is -0.339. The van der Waals surface area contributed by atoms with Gasteiger partial charge in [0.2, 0.25) is 5.91 Å². The largest absolute Gasteiger partial charge is 0.453 e. The number of carbonyl (C=O) groups is 2. The average Bonchev–Trinajstić information content (AvgIpc) is 2.96. The van der Waals surface area contributed by atoms with Crippen molar-refractivity contribution in [3.05, 3.63) is 24.3 Å². The van der Waals surface area contributed by atoms with Gasteiger partial charge in [-0.3, -0.25) is 10.1 Å². The minimum atomic E-state index is -0.557. The molecule has 7 nitrogen and oxygen atoms in total. The molecule has 1 aromatic carbocycles. The number of likely N-dealkylation sites (N-methyl/N-ethyl adjacent to an activating group) is 1. The smallest absolute Gasteiger partial charge is 0.411 e. The van der Waals surface area contributed by atoms with Gasteiger partial charge in [0.1, 0.15) is 0 Å². The molecule has 0 radical (unpaired) electrons. The van der Waals surface area contributed by atoms with Crippen LogP contribution in [0.1, 0.15) is 0 Å². The Morgan fingerprint density at radius 3 is 2.62 bits per heavy atom. The normalized spacial score (nSPS) is 20.9. The van der Waals surface area contributed by atoms with Crippen LogP contribution in [0, 0.1) is 5.92 Å². The summed E-state index contributed by atoms with van der Waals surface area (Å²) < 4.78 is 9.84. The number of methoxy groups -OCH3 is 1. The number of anilines is 2. The lowest BCUT2D eigenvalue weighted by molar-refractivity contribution is -0.120. The monoisotopic (exact) mass is 293 g/mol. The zero-order chi connectivity index (χ0) is 15.2. The van der Waals surface area contributed by atoms with Gasteiger partial charge in [-0.15, -0.1) is 0 Å². The van der Waals surface area contributed by atoms with Crippen LogP contribution in [-0.2, 0) is 14.3 Å². The van der Waals surface area contributed by atoms with E-state index < -0.39 is 6.09 Å². The van der Waals surface area contributed by atoms with Crippen molar-refractivity contribution in [1.82, 2.24) is 5.32 Å². The Bertz CT molecular complexity index is 521. The molecule has 3 N–H and O–H groups in total. The highest BCUT2D eigenvalue weighted by molar-refractivity contribution is 5.94. The van der Waals surface area contributed by atoms with E-state index in [1.54, 1.807) is 31.3 Å². The van der Waals surface area contributed by atoms with E-state index in [4.69, 9.17) is 4.74 Å². The van der Waals surface area contributed by atoms with Gasteiger partial charge in [-0.2, -0.15) is 0 Å². The van der Waals surface area contributed by atoms with E-state index in [2.05, 4.69) is 20.7 Å². The minimum absolute atomic E-state index is 0.0152. The van der Waals surface area contributed by atoms with Crippen LogP contribution >= 0.6 is 0 Å². The highest BCUT2D eigenvalue weighted by Gasteiger charge is 2.32. The van der Waals surface area contributed by atoms with Gasteiger partial charge in [-0.25, -0.2) is 4.79 Å². The zero-order valence-corrected chi connectivity index (χ0v) is 12.0. The zero-order valence-electron chi connectivity index (χ0n) is 12.0. The maximum absolute atomic E-state index is 12.2. The van der Waals surface area contributed by atoms with Gasteiger partial charge >= 0.3 is 6.09 Å². The van der Waals surface area contributed by atoms with Crippen molar-refractivity contribution in [3.63, 3.8) is 0 Å². The summed E-state index contributed by atoms with van der Waals surface area (Å²) in [5.41, 5.74) is 1.16. The molecular weight excluding hydrogens is 274 g/mol. The van der Waals surface area contributed by atoms with Gasteiger partial charge in [0.05, 0.1) is 26.2 Å². The summed E-state index contributed by atoms with van der Waals surface area (Å²) in [4.78, 5) is 23.4. The van der Waals surface area contributed by atoms with Gasteiger partial charge in [0, 0.05) is 17.4 Å². The molecule has 21 heavy (non-hydrogen) atoms. The molecule has 0 aliphatic carbocycles. The number of hydrogen-bond acceptors (Lipinski definition) is 5. The molecule has 0 saturated carbocycles. The number of rotatable bonds is 4. The summed E-state index contributed by atoms with van der Waals surface area (Å²) in [6.07, 6.45) is -0.557. The third kappa shape index (κ3) is 3.93. The summed E-state index contributed by atoms with van der Waals surface area (Å²) in [6, 6.07) is 6.88. The van der Waals surface area contributed by atoms with Gasteiger partial charge in [0.15, 0.2) is 0 Å². The summed E-state index contributed by atoms with van der Waals surface area (Å²) in [6.45, 7) is 0.927. The second kappa shape index (κ2) is 7.05. The Kier molecular flexibility index (Phi) is 5.13. The fourth-order valence-corrected chi connectivity index (χ4v) is 2.18. The Balaban J connectivity index is 2.00. The van der Waals surface area contributed by atoms with Crippen LogP contribution in [0.2, 0.25) is 0 Å². The number of carbonyl (C=O) groups excluding carboxylic acids is 2. The molecular formula is C14H19N3O4. The Morgan fingerprint density at radius 1 is 1.24 bits per heavy atom. The van der Waals surface area contributed by atoms with Crippen LogP contribution in [0.5, 0.6) is 0 Å². The lowest BCUT2D eigenvalue weighted by atomic mass is 10.0. The fourth-order valence-electron chi connectivity index (χ4n) is 2.18. The number of nitrogens with one attached hydrogen (secondary N) is 3. The molecule has 1 aromatic rings. The lowest BCUT2D eigenvalue weighted by Crippen LogP contribution is -2.39. The first kappa shape index (κ1) is 15.3. The topological polar surface area (TPSA) is 88.7 Å². The number of amides is 2. The standard InChI is InChI=1S/C14H19N3O4/c1-15-12-8-21-7-11(12)13(18)16-9-4-3-5-10(6-9)17-14(19)20-2/h3-6,11-12,15H,7-8H2,1-2H3,(H,16,18)(H,17,19). The van der Waals surface area contributed by atoms with Crippen molar-refractivity contribution in [2.24, 2.45) is 5.92 Å². The molecule has 7 heteroatoms. The quantitative estimate of drug-likeness (QED) is 0.772. The van der Waals surface area contributed by atoms with Crippen molar-refractivity contribution in [3.8, 4) is 0 Å². The van der Waals surface area contributed by atoms with Gasteiger partial charge in [-0.05, 0) is 25.2 Å². The van der Waals surface area contributed by atoms with Crippen molar-refractivity contribution in [2.45, 2.75) is 6.04 Å². The third-order valence-corrected chi connectivity index (χ3v) is 3.35. The first-order chi connectivity index (χ1) is 10.1. The molecule has 0 spiro atoms. The van der Waals surface area contributed by atoms with Crippen molar-refractivity contribution >= 4 is 23.4 Å². The second-order valence-corrected chi connectivity index (χ2v) is 4.73. The summed E-state index contributed by atoms with van der Waals surface area (Å²) >= 11 is 0. The van der Waals surface area contributed by atoms with Gasteiger partial charge < -0.3 is 20.1 Å². The van der Waals surface area contributed by atoms with E-state index in [1.807, 2.05) is 0 Å². The van der Waals surface area contributed by atoms with E-state index in [0.29, 0.717) is 24.6 Å². The Hall–Kier alpha value is -2.12. The fraction of sp³-hybridized carbons (Fsp3) is 0.429. The van der Waals surface area contributed by atoms with E-state index in [0.717, 1.165) is 0 Å². The summed E-state index contributed by atoms with van der Waals surface area (Å²) in [5, 5.41) is 8.44. The molecule has 114 valence electrons. The SMILES string of the molecule is CNC1COCC1C(=O)Nc1cccc(NC(=O)OC)c1. The van der Waals surface area contributed by atoms with E-state index in [-0.39, 0.29) is 17.9 Å². The molecule has 0 bridgehead atoms. The van der Waals surface area contributed by atoms with Crippen LogP contribution < -0.4 is 16.0 Å². The number of hydrogen-bond donors (Lipinski definition) is 3. The lowest BCUT2D eigenvalue weighted by Gasteiger charge is -2.16. The average molecular weight is 293 g/mol. The van der Waals surface area contributed by atoms with Crippen molar-refractivity contribution < 1.29 is 19.1 Å². The molecule has 1 heterocycles. The van der Waals surface area contributed by atoms with Gasteiger partial charge in [-0.1, -0.05) is 6.07 Å². The molecule has 1 saturated heterocycles. The summed E-state index contributed by atoms with van der Waals surface area (Å²) in [7, 11) is 3.10. The molecule has 2 amide bonds. The van der Waals surface area contributed by atoms with Crippen LogP contribution in [0.25, 0.3) is 0 Å². The van der Waals surface area contributed by atoms with Gasteiger partial charge in [0.25, 0.3) is 0 Å². The first-order valence-corrected chi connectivity index (χ1v) is 6.65. The van der Waals surface area contributed by atoms with E-state index in [9.17, 15) is 9.59 Å². The predicted octanol–water partition coefficient (Wildman–Crippen LogP) is 1.04. The molecule has 0 aromatic heterocycles. The van der Waals surface area contributed by atoms with Crippen molar-refractivity contribution in [2.75, 3.05) is 38.0 Å². The maximum atomic E-state index is 12.2. The molecule has 1 fully saturated rings. The number of ether oxygens (including phenoxy) is 2. The molecule has 2 rings (SSSR count). The second-order valence-electron chi connectivity index (χ2n) is 4.73. The molecule has 1 aliphatic rings. The number of benzene rings is 1. The molecule has 2 unspecified atom stereocenters. The Morgan fingerprint density at radius 2 is 1.95 bits per heavy atom. The predicted molar refractivity (Wildman–Crippen MR) is 78.3 cm³/mol. The van der Waals surface area contributed by atoms with E-state index >= 15 is 0 Å². The van der Waals surface area contributed by atoms with Crippen LogP contribution in [0.4, 0.5) is 16.2 Å². The van der Waals surface area contributed by atoms with Crippen LogP contribution in [0.3, 0.4) is 0 Å². The van der Waals surface area contributed by atoms with E-state index in [1.165, 1.54) is 7.11 Å².